The zero-order valence-corrected chi connectivity index (χ0v) is 12.9. The molecule has 0 aromatic carbocycles. The molecule has 1 saturated carbocycles. The van der Waals surface area contributed by atoms with E-state index in [0.29, 0.717) is 12.6 Å². The summed E-state index contributed by atoms with van der Waals surface area (Å²) in [5.74, 6) is 0.914. The fourth-order valence-electron chi connectivity index (χ4n) is 2.53. The first-order chi connectivity index (χ1) is 8.90. The Kier molecular flexibility index (Phi) is 6.63. The van der Waals surface area contributed by atoms with Gasteiger partial charge in [0.05, 0.1) is 0 Å². The number of hydrogen-bond acceptors (Lipinski definition) is 3. The van der Waals surface area contributed by atoms with Crippen LogP contribution in [0.5, 0.6) is 0 Å². The lowest BCUT2D eigenvalue weighted by Crippen LogP contribution is -2.35. The zero-order chi connectivity index (χ0) is 14.3. The lowest BCUT2D eigenvalue weighted by Gasteiger charge is -2.19. The standard InChI is InChI=1S/C15H30N2O2/c1-5-12-7-8-13(11-12)16-9-6-10-17-14(18)19-15(2,3)4/h12-13,16H,5-11H2,1-4H3,(H,17,18). The summed E-state index contributed by atoms with van der Waals surface area (Å²) in [5.41, 5.74) is -0.415. The Balaban J connectivity index is 1.98. The van der Waals surface area contributed by atoms with Crippen LogP contribution in [-0.4, -0.2) is 30.8 Å². The van der Waals surface area contributed by atoms with Crippen molar-refractivity contribution in [2.24, 2.45) is 5.92 Å². The van der Waals surface area contributed by atoms with Crippen LogP contribution in [0.4, 0.5) is 4.79 Å². The second-order valence-corrected chi connectivity index (χ2v) is 6.52. The summed E-state index contributed by atoms with van der Waals surface area (Å²) in [6, 6.07) is 0.687. The van der Waals surface area contributed by atoms with Crippen molar-refractivity contribution < 1.29 is 9.53 Å². The SMILES string of the molecule is CCC1CCC(NCCCNC(=O)OC(C)(C)C)C1. The van der Waals surface area contributed by atoms with E-state index < -0.39 is 5.60 Å². The van der Waals surface area contributed by atoms with Crippen LogP contribution in [-0.2, 0) is 4.74 Å². The van der Waals surface area contributed by atoms with Crippen molar-refractivity contribution in [2.75, 3.05) is 13.1 Å². The summed E-state index contributed by atoms with van der Waals surface area (Å²) >= 11 is 0. The molecular formula is C15H30N2O2. The van der Waals surface area contributed by atoms with Gasteiger partial charge in [0, 0.05) is 12.6 Å². The molecule has 1 fully saturated rings. The van der Waals surface area contributed by atoms with Crippen molar-refractivity contribution >= 4 is 6.09 Å². The molecule has 4 heteroatoms. The third kappa shape index (κ3) is 7.41. The first-order valence-electron chi connectivity index (χ1n) is 7.61. The molecule has 0 saturated heterocycles. The van der Waals surface area contributed by atoms with Crippen LogP contribution in [0.3, 0.4) is 0 Å². The Morgan fingerprint density at radius 2 is 2.00 bits per heavy atom. The number of nitrogens with one attached hydrogen (secondary N) is 2. The molecule has 2 N–H and O–H groups in total. The molecule has 1 aliphatic rings. The number of hydrogen-bond donors (Lipinski definition) is 2. The smallest absolute Gasteiger partial charge is 0.407 e. The number of ether oxygens (including phenoxy) is 1. The molecule has 0 heterocycles. The minimum absolute atomic E-state index is 0.320. The average molecular weight is 270 g/mol. The van der Waals surface area contributed by atoms with Gasteiger partial charge in [0.25, 0.3) is 0 Å². The molecule has 0 bridgehead atoms. The molecule has 0 aromatic rings. The summed E-state index contributed by atoms with van der Waals surface area (Å²) in [6.45, 7) is 9.54. The molecule has 0 spiro atoms. The first-order valence-corrected chi connectivity index (χ1v) is 7.61. The number of carbonyl (C=O) groups is 1. The summed E-state index contributed by atoms with van der Waals surface area (Å²) in [4.78, 5) is 11.4. The fraction of sp³-hybridized carbons (Fsp3) is 0.933. The maximum atomic E-state index is 11.4. The van der Waals surface area contributed by atoms with Gasteiger partial charge in [-0.25, -0.2) is 4.79 Å². The topological polar surface area (TPSA) is 50.4 Å². The highest BCUT2D eigenvalue weighted by molar-refractivity contribution is 5.67. The lowest BCUT2D eigenvalue weighted by molar-refractivity contribution is 0.0527. The maximum absolute atomic E-state index is 11.4. The summed E-state index contributed by atoms with van der Waals surface area (Å²) in [6.07, 6.45) is 5.92. The Morgan fingerprint density at radius 1 is 1.26 bits per heavy atom. The molecule has 0 radical (unpaired) electrons. The molecule has 0 aromatic heterocycles. The normalized spacial score (nSPS) is 23.4. The highest BCUT2D eigenvalue weighted by Gasteiger charge is 2.22. The van der Waals surface area contributed by atoms with Crippen molar-refractivity contribution in [3.05, 3.63) is 0 Å². The average Bonchev–Trinajstić information content (AvgIpc) is 2.74. The Labute approximate surface area is 117 Å². The molecule has 2 unspecified atom stereocenters. The number of alkyl carbamates (subject to hydrolysis) is 1. The van der Waals surface area contributed by atoms with Gasteiger partial charge in [-0.2, -0.15) is 0 Å². The van der Waals surface area contributed by atoms with Crippen LogP contribution in [0, 0.1) is 5.92 Å². The molecule has 4 nitrogen and oxygen atoms in total. The van der Waals surface area contributed by atoms with Gasteiger partial charge in [0.2, 0.25) is 0 Å². The van der Waals surface area contributed by atoms with Gasteiger partial charge in [-0.05, 0) is 58.9 Å². The van der Waals surface area contributed by atoms with Crippen molar-refractivity contribution in [3.8, 4) is 0 Å². The van der Waals surface area contributed by atoms with Gasteiger partial charge in [-0.3, -0.25) is 0 Å². The number of carbonyl (C=O) groups excluding carboxylic acids is 1. The van der Waals surface area contributed by atoms with E-state index in [2.05, 4.69) is 17.6 Å². The van der Waals surface area contributed by atoms with Crippen molar-refractivity contribution in [2.45, 2.75) is 71.4 Å². The minimum atomic E-state index is -0.415. The number of amides is 1. The first kappa shape index (κ1) is 16.3. The Bertz CT molecular complexity index is 274. The largest absolute Gasteiger partial charge is 0.444 e. The monoisotopic (exact) mass is 270 g/mol. The fourth-order valence-corrected chi connectivity index (χ4v) is 2.53. The maximum Gasteiger partial charge on any atom is 0.407 e. The predicted molar refractivity (Wildman–Crippen MR) is 78.3 cm³/mol. The van der Waals surface area contributed by atoms with Gasteiger partial charge < -0.3 is 15.4 Å². The molecule has 1 amide bonds. The molecule has 0 aliphatic heterocycles. The molecule has 112 valence electrons. The Morgan fingerprint density at radius 3 is 2.58 bits per heavy atom. The molecule has 19 heavy (non-hydrogen) atoms. The molecular weight excluding hydrogens is 240 g/mol. The van der Waals surface area contributed by atoms with E-state index in [1.165, 1.54) is 25.7 Å². The quantitative estimate of drug-likeness (QED) is 0.729. The molecule has 1 aliphatic carbocycles. The van der Waals surface area contributed by atoms with Crippen LogP contribution >= 0.6 is 0 Å². The van der Waals surface area contributed by atoms with E-state index in [0.717, 1.165) is 18.9 Å². The van der Waals surface area contributed by atoms with Crippen molar-refractivity contribution in [1.82, 2.24) is 10.6 Å². The van der Waals surface area contributed by atoms with E-state index in [4.69, 9.17) is 4.74 Å². The highest BCUT2D eigenvalue weighted by Crippen LogP contribution is 2.27. The summed E-state index contributed by atoms with van der Waals surface area (Å²) in [7, 11) is 0. The van der Waals surface area contributed by atoms with E-state index in [9.17, 15) is 4.79 Å². The van der Waals surface area contributed by atoms with Gasteiger partial charge in [0.15, 0.2) is 0 Å². The van der Waals surface area contributed by atoms with Crippen molar-refractivity contribution in [3.63, 3.8) is 0 Å². The van der Waals surface area contributed by atoms with E-state index >= 15 is 0 Å². The number of rotatable bonds is 6. The second-order valence-electron chi connectivity index (χ2n) is 6.52. The third-order valence-electron chi connectivity index (χ3n) is 3.57. The summed E-state index contributed by atoms with van der Waals surface area (Å²) < 4.78 is 5.18. The molecule has 1 rings (SSSR count). The van der Waals surface area contributed by atoms with Crippen LogP contribution in [0.1, 0.15) is 59.8 Å². The minimum Gasteiger partial charge on any atom is -0.444 e. The van der Waals surface area contributed by atoms with Gasteiger partial charge in [0.1, 0.15) is 5.60 Å². The van der Waals surface area contributed by atoms with Crippen LogP contribution in [0.2, 0.25) is 0 Å². The van der Waals surface area contributed by atoms with E-state index in [-0.39, 0.29) is 6.09 Å². The second kappa shape index (κ2) is 7.73. The van der Waals surface area contributed by atoms with Gasteiger partial charge in [-0.15, -0.1) is 0 Å². The van der Waals surface area contributed by atoms with Crippen LogP contribution in [0.25, 0.3) is 0 Å². The van der Waals surface area contributed by atoms with Gasteiger partial charge in [-0.1, -0.05) is 13.3 Å². The zero-order valence-electron chi connectivity index (χ0n) is 12.9. The van der Waals surface area contributed by atoms with Gasteiger partial charge >= 0.3 is 6.09 Å². The Hall–Kier alpha value is -0.770. The highest BCUT2D eigenvalue weighted by atomic mass is 16.6. The molecule has 2 atom stereocenters. The van der Waals surface area contributed by atoms with Crippen LogP contribution in [0.15, 0.2) is 0 Å². The van der Waals surface area contributed by atoms with E-state index in [1.54, 1.807) is 0 Å². The van der Waals surface area contributed by atoms with Crippen LogP contribution < -0.4 is 10.6 Å². The lowest BCUT2D eigenvalue weighted by atomic mass is 10.1. The predicted octanol–water partition coefficient (Wildman–Crippen LogP) is 3.07. The third-order valence-corrected chi connectivity index (χ3v) is 3.57. The van der Waals surface area contributed by atoms with E-state index in [1.807, 2.05) is 20.8 Å². The van der Waals surface area contributed by atoms with Crippen molar-refractivity contribution in [1.29, 1.82) is 0 Å². The summed E-state index contributed by atoms with van der Waals surface area (Å²) in [5, 5.41) is 6.36.